The van der Waals surface area contributed by atoms with Crippen molar-refractivity contribution in [3.05, 3.63) is 125 Å². The number of rotatable bonds is 9. The van der Waals surface area contributed by atoms with Gasteiger partial charge in [-0.15, -0.1) is 0 Å². The second-order valence-corrected chi connectivity index (χ2v) is 8.17. The third kappa shape index (κ3) is 5.06. The Balaban J connectivity index is 1.71. The lowest BCUT2D eigenvalue weighted by atomic mass is 9.81. The lowest BCUT2D eigenvalue weighted by Crippen LogP contribution is -2.38. The van der Waals surface area contributed by atoms with E-state index in [0.717, 1.165) is 11.1 Å². The van der Waals surface area contributed by atoms with Crippen LogP contribution in [0.1, 0.15) is 29.2 Å². The SMILES string of the molecule is CC(O)C(O)(c1ccc(OCc2ccccc2)c(OCc2ccccc2)c1)c1ccccc1O. The molecule has 4 aromatic rings. The molecule has 0 amide bonds. The Hall–Kier alpha value is -3.80. The van der Waals surface area contributed by atoms with Crippen LogP contribution < -0.4 is 9.47 Å². The number of ether oxygens (including phenoxy) is 2. The third-order valence-electron chi connectivity index (χ3n) is 5.78. The van der Waals surface area contributed by atoms with E-state index in [2.05, 4.69) is 0 Å². The van der Waals surface area contributed by atoms with Gasteiger partial charge in [0.25, 0.3) is 0 Å². The van der Waals surface area contributed by atoms with E-state index in [1.807, 2.05) is 60.7 Å². The Morgan fingerprint density at radius 3 is 1.79 bits per heavy atom. The zero-order valence-electron chi connectivity index (χ0n) is 19.0. The van der Waals surface area contributed by atoms with Gasteiger partial charge in [-0.25, -0.2) is 0 Å². The van der Waals surface area contributed by atoms with E-state index in [-0.39, 0.29) is 11.3 Å². The van der Waals surface area contributed by atoms with Crippen molar-refractivity contribution >= 4 is 0 Å². The summed E-state index contributed by atoms with van der Waals surface area (Å²) >= 11 is 0. The van der Waals surface area contributed by atoms with Crippen LogP contribution in [0.2, 0.25) is 0 Å². The van der Waals surface area contributed by atoms with E-state index in [4.69, 9.17) is 9.47 Å². The average molecular weight is 457 g/mol. The zero-order valence-corrected chi connectivity index (χ0v) is 19.0. The summed E-state index contributed by atoms with van der Waals surface area (Å²) in [6, 6.07) is 31.0. The van der Waals surface area contributed by atoms with Crippen molar-refractivity contribution in [1.82, 2.24) is 0 Å². The molecule has 0 aromatic heterocycles. The first-order chi connectivity index (χ1) is 16.5. The highest BCUT2D eigenvalue weighted by atomic mass is 16.5. The van der Waals surface area contributed by atoms with E-state index in [1.54, 1.807) is 36.4 Å². The molecule has 0 spiro atoms. The molecule has 34 heavy (non-hydrogen) atoms. The number of para-hydroxylation sites is 1. The molecule has 0 aliphatic heterocycles. The topological polar surface area (TPSA) is 79.2 Å². The maximum absolute atomic E-state index is 11.6. The first-order valence-electron chi connectivity index (χ1n) is 11.2. The summed E-state index contributed by atoms with van der Waals surface area (Å²) < 4.78 is 12.2. The van der Waals surface area contributed by atoms with E-state index >= 15 is 0 Å². The van der Waals surface area contributed by atoms with E-state index in [1.165, 1.54) is 13.0 Å². The van der Waals surface area contributed by atoms with Gasteiger partial charge in [-0.05, 0) is 41.8 Å². The fourth-order valence-electron chi connectivity index (χ4n) is 3.87. The Morgan fingerprint density at radius 2 is 1.24 bits per heavy atom. The van der Waals surface area contributed by atoms with E-state index < -0.39 is 11.7 Å². The van der Waals surface area contributed by atoms with Crippen molar-refractivity contribution in [3.8, 4) is 17.2 Å². The summed E-state index contributed by atoms with van der Waals surface area (Å²) in [4.78, 5) is 0. The largest absolute Gasteiger partial charge is 0.508 e. The van der Waals surface area contributed by atoms with Gasteiger partial charge in [0.05, 0.1) is 6.10 Å². The number of aliphatic hydroxyl groups is 2. The average Bonchev–Trinajstić information content (AvgIpc) is 2.87. The lowest BCUT2D eigenvalue weighted by molar-refractivity contribution is -0.0409. The molecule has 0 aliphatic carbocycles. The molecule has 5 heteroatoms. The van der Waals surface area contributed by atoms with Crippen molar-refractivity contribution in [2.75, 3.05) is 0 Å². The highest BCUT2D eigenvalue weighted by Crippen LogP contribution is 2.41. The second-order valence-electron chi connectivity index (χ2n) is 8.17. The molecule has 0 heterocycles. The summed E-state index contributed by atoms with van der Waals surface area (Å²) in [6.45, 7) is 2.13. The normalized spacial score (nSPS) is 13.6. The number of hydrogen-bond acceptors (Lipinski definition) is 5. The van der Waals surface area contributed by atoms with Gasteiger partial charge in [0.15, 0.2) is 11.5 Å². The number of hydrogen-bond donors (Lipinski definition) is 3. The molecule has 0 bridgehead atoms. The predicted molar refractivity (Wildman–Crippen MR) is 131 cm³/mol. The number of benzene rings is 4. The molecule has 4 aromatic carbocycles. The molecular weight excluding hydrogens is 428 g/mol. The molecule has 5 nitrogen and oxygen atoms in total. The quantitative estimate of drug-likeness (QED) is 0.324. The molecule has 0 saturated heterocycles. The molecule has 0 radical (unpaired) electrons. The van der Waals surface area contributed by atoms with E-state index in [0.29, 0.717) is 30.3 Å². The van der Waals surface area contributed by atoms with Crippen molar-refractivity contribution < 1.29 is 24.8 Å². The molecule has 0 saturated carbocycles. The van der Waals surface area contributed by atoms with Crippen molar-refractivity contribution in [3.63, 3.8) is 0 Å². The first-order valence-corrected chi connectivity index (χ1v) is 11.2. The van der Waals surface area contributed by atoms with Crippen LogP contribution in [0.15, 0.2) is 103 Å². The fraction of sp³-hybridized carbons (Fsp3) is 0.172. The number of phenolic OH excluding ortho intramolecular Hbond substituents is 1. The van der Waals surface area contributed by atoms with E-state index in [9.17, 15) is 15.3 Å². The molecule has 4 rings (SSSR count). The van der Waals surface area contributed by atoms with Crippen molar-refractivity contribution in [1.29, 1.82) is 0 Å². The van der Waals surface area contributed by atoms with Crippen LogP contribution >= 0.6 is 0 Å². The number of phenols is 1. The lowest BCUT2D eigenvalue weighted by Gasteiger charge is -2.33. The smallest absolute Gasteiger partial charge is 0.162 e. The molecule has 2 atom stereocenters. The summed E-state index contributed by atoms with van der Waals surface area (Å²) in [5, 5.41) is 32.6. The summed E-state index contributed by atoms with van der Waals surface area (Å²) in [7, 11) is 0. The molecule has 2 unspecified atom stereocenters. The minimum atomic E-state index is -1.85. The van der Waals surface area contributed by atoms with Crippen molar-refractivity contribution in [2.45, 2.75) is 31.8 Å². The maximum atomic E-state index is 11.6. The highest BCUT2D eigenvalue weighted by Gasteiger charge is 2.39. The number of aliphatic hydroxyl groups excluding tert-OH is 1. The predicted octanol–water partition coefficient (Wildman–Crippen LogP) is 5.17. The molecule has 3 N–H and O–H groups in total. The standard InChI is InChI=1S/C29H28O5/c1-21(30)29(32,25-14-8-9-15-26(25)31)24-16-17-27(33-19-22-10-4-2-5-11-22)28(18-24)34-20-23-12-6-3-7-13-23/h2-18,21,30-32H,19-20H2,1H3. The van der Waals surface area contributed by atoms with Gasteiger partial charge in [0.1, 0.15) is 24.6 Å². The Kier molecular flexibility index (Phi) is 7.16. The van der Waals surface area contributed by atoms with Gasteiger partial charge in [0.2, 0.25) is 0 Å². The van der Waals surface area contributed by atoms with Crippen LogP contribution in [0.5, 0.6) is 17.2 Å². The van der Waals surface area contributed by atoms with Crippen LogP contribution in [0.4, 0.5) is 0 Å². The number of aromatic hydroxyl groups is 1. The summed E-state index contributed by atoms with van der Waals surface area (Å²) in [5.74, 6) is 0.822. The van der Waals surface area contributed by atoms with Gasteiger partial charge in [0, 0.05) is 5.56 Å². The summed E-state index contributed by atoms with van der Waals surface area (Å²) in [6.07, 6.45) is -1.21. The van der Waals surface area contributed by atoms with Gasteiger partial charge in [-0.2, -0.15) is 0 Å². The first kappa shape index (κ1) is 23.4. The van der Waals surface area contributed by atoms with Crippen LogP contribution in [-0.4, -0.2) is 21.4 Å². The Morgan fingerprint density at radius 1 is 0.706 bits per heavy atom. The van der Waals surface area contributed by atoms with Crippen molar-refractivity contribution in [2.24, 2.45) is 0 Å². The third-order valence-corrected chi connectivity index (χ3v) is 5.78. The van der Waals surface area contributed by atoms with Crippen LogP contribution in [0.25, 0.3) is 0 Å². The summed E-state index contributed by atoms with van der Waals surface area (Å²) in [5.41, 5.74) is 0.716. The van der Waals surface area contributed by atoms with Gasteiger partial charge >= 0.3 is 0 Å². The Labute approximate surface area is 199 Å². The van der Waals surface area contributed by atoms with Crippen LogP contribution in [-0.2, 0) is 18.8 Å². The molecule has 174 valence electrons. The van der Waals surface area contributed by atoms with Crippen LogP contribution in [0.3, 0.4) is 0 Å². The fourth-order valence-corrected chi connectivity index (χ4v) is 3.87. The zero-order chi connectivity index (χ0) is 24.0. The van der Waals surface area contributed by atoms with Gasteiger partial charge in [-0.1, -0.05) is 84.9 Å². The van der Waals surface area contributed by atoms with Gasteiger partial charge < -0.3 is 24.8 Å². The minimum absolute atomic E-state index is 0.109. The molecular formula is C29H28O5. The minimum Gasteiger partial charge on any atom is -0.508 e. The van der Waals surface area contributed by atoms with Gasteiger partial charge in [-0.3, -0.25) is 0 Å². The van der Waals surface area contributed by atoms with Crippen LogP contribution in [0, 0.1) is 0 Å². The maximum Gasteiger partial charge on any atom is 0.162 e. The molecule has 0 aliphatic rings. The highest BCUT2D eigenvalue weighted by molar-refractivity contribution is 5.51. The second kappa shape index (κ2) is 10.4. The Bertz CT molecular complexity index is 1210. The monoisotopic (exact) mass is 456 g/mol. The molecule has 0 fully saturated rings.